The topological polar surface area (TPSA) is 172 Å². The Labute approximate surface area is 292 Å². The maximum absolute atomic E-state index is 14.2. The number of rotatable bonds is 3. The van der Waals surface area contributed by atoms with Gasteiger partial charge in [-0.1, -0.05) is 33.6 Å². The van der Waals surface area contributed by atoms with Crippen LogP contribution in [0.3, 0.4) is 0 Å². The number of ether oxygens (including phenoxy) is 3. The number of halogens is 3. The Bertz CT molecular complexity index is 1880. The van der Waals surface area contributed by atoms with Gasteiger partial charge in [-0.05, 0) is 61.0 Å². The Balaban J connectivity index is 1.38. The van der Waals surface area contributed by atoms with Crippen LogP contribution in [-0.4, -0.2) is 84.3 Å². The molecule has 2 amide bonds. The van der Waals surface area contributed by atoms with Crippen LogP contribution in [0.4, 0.5) is 18.0 Å². The zero-order valence-electron chi connectivity index (χ0n) is 28.6. The lowest BCUT2D eigenvalue weighted by molar-refractivity contribution is -0.152. The first-order valence-corrected chi connectivity index (χ1v) is 18.4. The summed E-state index contributed by atoms with van der Waals surface area (Å²) in [6, 6.07) is 0.476. The molecular formula is C33H41F3N4O10S. The Hall–Kier alpha value is -4.09. The number of carbonyl (C=O) groups is 3. The number of carbonyl (C=O) groups excluding carboxylic acids is 3. The molecule has 7 atom stereocenters. The molecule has 1 aromatic heterocycles. The lowest BCUT2D eigenvalue weighted by atomic mass is 9.85. The fourth-order valence-corrected chi connectivity index (χ4v) is 8.06. The number of aromatic nitrogens is 2. The average Bonchev–Trinajstić information content (AvgIpc) is 3.53. The molecule has 0 radical (unpaired) electrons. The molecule has 14 nitrogen and oxygen atoms in total. The number of alkyl halides is 3. The number of esters is 1. The molecule has 1 saturated heterocycles. The molecule has 6 rings (SSSR count). The highest BCUT2D eigenvalue weighted by Crippen LogP contribution is 2.57. The highest BCUT2D eigenvalue weighted by molar-refractivity contribution is 7.88. The number of alkyl carbamates (subject to hydrolysis) is 1. The van der Waals surface area contributed by atoms with Crippen molar-refractivity contribution >= 4 is 39.0 Å². The predicted octanol–water partition coefficient (Wildman–Crippen LogP) is 3.89. The Morgan fingerprint density at radius 1 is 1.02 bits per heavy atom. The number of hydrogen-bond donors (Lipinski definition) is 1. The van der Waals surface area contributed by atoms with Gasteiger partial charge in [0.15, 0.2) is 0 Å². The second kappa shape index (κ2) is 13.5. The minimum atomic E-state index is -6.00. The van der Waals surface area contributed by atoms with Crippen molar-refractivity contribution < 1.29 is 54.4 Å². The van der Waals surface area contributed by atoms with Crippen LogP contribution in [0.25, 0.3) is 10.9 Å². The summed E-state index contributed by atoms with van der Waals surface area (Å²) in [7, 11) is -4.83. The first-order chi connectivity index (χ1) is 23.9. The van der Waals surface area contributed by atoms with Gasteiger partial charge >= 0.3 is 27.7 Å². The van der Waals surface area contributed by atoms with Gasteiger partial charge in [-0.3, -0.25) is 14.2 Å². The first kappa shape index (κ1) is 36.7. The van der Waals surface area contributed by atoms with Crippen LogP contribution in [0.5, 0.6) is 11.8 Å². The highest BCUT2D eigenvalue weighted by atomic mass is 32.2. The third-order valence-corrected chi connectivity index (χ3v) is 11.2. The Morgan fingerprint density at radius 2 is 1.76 bits per heavy atom. The zero-order chi connectivity index (χ0) is 37.0. The number of nitrogens with zero attached hydrogens (tertiary/aromatic N) is 3. The molecule has 3 heterocycles. The Morgan fingerprint density at radius 3 is 2.45 bits per heavy atom. The number of hydrogen-bond acceptors (Lipinski definition) is 11. The van der Waals surface area contributed by atoms with Crippen LogP contribution in [0.1, 0.15) is 65.7 Å². The maximum Gasteiger partial charge on any atom is 0.534 e. The van der Waals surface area contributed by atoms with Crippen molar-refractivity contribution in [3.05, 3.63) is 28.6 Å². The zero-order valence-corrected chi connectivity index (χ0v) is 29.4. The number of fused-ring (bicyclic) bond motifs is 7. The summed E-state index contributed by atoms with van der Waals surface area (Å²) < 4.78 is 85.1. The molecule has 0 spiro atoms. The van der Waals surface area contributed by atoms with Crippen LogP contribution in [-0.2, 0) is 35.7 Å². The summed E-state index contributed by atoms with van der Waals surface area (Å²) in [6.07, 6.45) is 2.65. The van der Waals surface area contributed by atoms with E-state index in [2.05, 4.69) is 14.5 Å². The summed E-state index contributed by atoms with van der Waals surface area (Å²) in [6.45, 7) is 5.28. The third kappa shape index (κ3) is 7.46. The minimum Gasteiger partial charge on any atom is -0.467 e. The fourth-order valence-electron chi connectivity index (χ4n) is 7.61. The first-order valence-electron chi connectivity index (χ1n) is 17.0. The molecule has 2 aliphatic heterocycles. The number of benzene rings is 1. The lowest BCUT2D eigenvalue weighted by Gasteiger charge is -2.35. The molecule has 3 fully saturated rings. The van der Waals surface area contributed by atoms with E-state index in [-0.39, 0.29) is 48.4 Å². The van der Waals surface area contributed by atoms with Crippen molar-refractivity contribution in [2.45, 2.75) is 102 Å². The van der Waals surface area contributed by atoms with E-state index in [9.17, 15) is 40.8 Å². The SMILES string of the molecule is COC(=O)[C@@H]1C[C@@H]2CN1C(=O)[C@H](C(C)(C)C)NC(=O)O[C@@H]1C[C@@H]3CC3[C@H]1CCCCCn1c(nc3cc(OS(=O)(=O)C(F)(F)F)ccc3c1=O)O2. The van der Waals surface area contributed by atoms with Gasteiger partial charge in [-0.25, -0.2) is 9.59 Å². The van der Waals surface area contributed by atoms with Crippen molar-refractivity contribution in [3.63, 3.8) is 0 Å². The highest BCUT2D eigenvalue weighted by Gasteiger charge is 2.55. The van der Waals surface area contributed by atoms with Gasteiger partial charge in [0.1, 0.15) is 30.0 Å². The van der Waals surface area contributed by atoms with Crippen LogP contribution in [0, 0.1) is 23.2 Å². The van der Waals surface area contributed by atoms with Crippen LogP contribution < -0.4 is 19.8 Å². The largest absolute Gasteiger partial charge is 0.534 e. The van der Waals surface area contributed by atoms with Gasteiger partial charge in [-0.15, -0.1) is 0 Å². The molecule has 1 aromatic carbocycles. The van der Waals surface area contributed by atoms with E-state index in [1.807, 2.05) is 0 Å². The van der Waals surface area contributed by atoms with Crippen molar-refractivity contribution in [1.82, 2.24) is 19.8 Å². The summed E-state index contributed by atoms with van der Waals surface area (Å²) in [5.41, 5.74) is -7.28. The fraction of sp³-hybridized carbons (Fsp3) is 0.667. The summed E-state index contributed by atoms with van der Waals surface area (Å²) in [4.78, 5) is 59.9. The smallest absolute Gasteiger partial charge is 0.467 e. The van der Waals surface area contributed by atoms with Crippen molar-refractivity contribution in [3.8, 4) is 11.8 Å². The van der Waals surface area contributed by atoms with Crippen LogP contribution in [0.15, 0.2) is 23.0 Å². The van der Waals surface area contributed by atoms with Gasteiger partial charge < -0.3 is 28.6 Å². The molecule has 51 heavy (non-hydrogen) atoms. The lowest BCUT2D eigenvalue weighted by Crippen LogP contribution is -2.57. The second-order valence-corrected chi connectivity index (χ2v) is 16.4. The quantitative estimate of drug-likeness (QED) is 0.275. The van der Waals surface area contributed by atoms with E-state index in [4.69, 9.17) is 14.2 Å². The molecule has 2 aliphatic carbocycles. The molecule has 280 valence electrons. The molecule has 18 heteroatoms. The van der Waals surface area contributed by atoms with E-state index in [0.29, 0.717) is 24.7 Å². The van der Waals surface area contributed by atoms with Crippen LogP contribution in [0.2, 0.25) is 0 Å². The van der Waals surface area contributed by atoms with E-state index in [0.717, 1.165) is 43.9 Å². The monoisotopic (exact) mass is 742 g/mol. The molecule has 4 aliphatic rings. The number of nitrogens with one attached hydrogen (secondary N) is 1. The van der Waals surface area contributed by atoms with Crippen molar-refractivity contribution in [2.75, 3.05) is 13.7 Å². The normalized spacial score (nSPS) is 29.0. The van der Waals surface area contributed by atoms with Gasteiger partial charge in [0.2, 0.25) is 5.91 Å². The minimum absolute atomic E-state index is 0.0219. The van der Waals surface area contributed by atoms with Gasteiger partial charge in [0, 0.05) is 19.0 Å². The van der Waals surface area contributed by atoms with E-state index in [1.165, 1.54) is 16.6 Å². The Kier molecular flexibility index (Phi) is 9.69. The van der Waals surface area contributed by atoms with Crippen molar-refractivity contribution in [2.24, 2.45) is 23.2 Å². The molecule has 1 unspecified atom stereocenters. The molecule has 1 N–H and O–H groups in total. The maximum atomic E-state index is 14.2. The second-order valence-electron chi connectivity index (χ2n) is 14.8. The van der Waals surface area contributed by atoms with Gasteiger partial charge in [-0.2, -0.15) is 26.6 Å². The summed E-state index contributed by atoms with van der Waals surface area (Å²) >= 11 is 0. The molecular weight excluding hydrogens is 701 g/mol. The van der Waals surface area contributed by atoms with E-state index < -0.39 is 68.5 Å². The van der Waals surface area contributed by atoms with Crippen LogP contribution >= 0.6 is 0 Å². The standard InChI is InChI=1S/C33H41F3N4O10S/c1-32(2,3)26-28(42)40-16-19(15-24(40)29(43)47-4)48-30-37-23-14-18(50-51(45,46)33(34,35)36)9-10-21(23)27(41)39(30)11-7-5-6-8-20-22-12-17(22)13-25(20)49-31(44)38-26/h9-10,14,17,19-20,22,24-26H,5-8,11-13,15-16H2,1-4H3,(H,38,44)/t17-,19+,20+,22?,24-,25+,26+/m0/s1. The predicted molar refractivity (Wildman–Crippen MR) is 173 cm³/mol. The third-order valence-electron chi connectivity index (χ3n) is 10.3. The number of amides is 2. The molecule has 2 saturated carbocycles. The average molecular weight is 743 g/mol. The summed E-state index contributed by atoms with van der Waals surface area (Å²) in [5, 5.41) is 2.74. The van der Waals surface area contributed by atoms with E-state index in [1.54, 1.807) is 20.8 Å². The van der Waals surface area contributed by atoms with Gasteiger partial charge in [0.05, 0.1) is 24.6 Å². The summed E-state index contributed by atoms with van der Waals surface area (Å²) in [5.74, 6) is -0.922. The van der Waals surface area contributed by atoms with E-state index >= 15 is 0 Å². The number of methoxy groups -OCH3 is 1. The van der Waals surface area contributed by atoms with Gasteiger partial charge in [0.25, 0.3) is 11.6 Å². The molecule has 2 aromatic rings. The van der Waals surface area contributed by atoms with Crippen molar-refractivity contribution in [1.29, 1.82) is 0 Å². The molecule has 2 bridgehead atoms.